The molecule has 0 spiro atoms. The van der Waals surface area contributed by atoms with E-state index in [0.29, 0.717) is 23.7 Å². The van der Waals surface area contributed by atoms with Gasteiger partial charge in [0, 0.05) is 28.6 Å². The second-order valence-electron chi connectivity index (χ2n) is 6.72. The summed E-state index contributed by atoms with van der Waals surface area (Å²) in [5, 5.41) is 5.60. The second-order valence-corrected chi connectivity index (χ2v) is 8.16. The van der Waals surface area contributed by atoms with Gasteiger partial charge >= 0.3 is 0 Å². The standard InChI is InChI=1S/C20H23ClN2O2S/c1-3-13(2)18(22-19(24)14-4-6-16(21)7-5-14)20(25)23-10-8-17-15(12-23)9-11-26-17/h4-7,9,11,13,18H,3,8,10,12H2,1-2H3,(H,22,24). The number of carbonyl (C=O) groups is 2. The number of thiophene rings is 1. The predicted molar refractivity (Wildman–Crippen MR) is 106 cm³/mol. The zero-order valence-electron chi connectivity index (χ0n) is 15.0. The highest BCUT2D eigenvalue weighted by molar-refractivity contribution is 7.10. The molecule has 0 bridgehead atoms. The van der Waals surface area contributed by atoms with E-state index in [1.807, 2.05) is 18.7 Å². The number of halogens is 1. The van der Waals surface area contributed by atoms with Crippen molar-refractivity contribution in [2.75, 3.05) is 6.54 Å². The molecule has 2 aromatic rings. The highest BCUT2D eigenvalue weighted by atomic mass is 35.5. The zero-order chi connectivity index (χ0) is 18.7. The van der Waals surface area contributed by atoms with Crippen LogP contribution in [0.5, 0.6) is 0 Å². The quantitative estimate of drug-likeness (QED) is 0.834. The summed E-state index contributed by atoms with van der Waals surface area (Å²) in [6.45, 7) is 5.37. The molecule has 26 heavy (non-hydrogen) atoms. The lowest BCUT2D eigenvalue weighted by molar-refractivity contribution is -0.135. The molecule has 2 atom stereocenters. The first-order valence-corrected chi connectivity index (χ1v) is 10.2. The van der Waals surface area contributed by atoms with Crippen molar-refractivity contribution in [3.63, 3.8) is 0 Å². The lowest BCUT2D eigenvalue weighted by Crippen LogP contribution is -2.52. The Morgan fingerprint density at radius 2 is 2.00 bits per heavy atom. The molecule has 2 unspecified atom stereocenters. The Bertz CT molecular complexity index is 787. The van der Waals surface area contributed by atoms with Crippen molar-refractivity contribution in [3.05, 3.63) is 56.7 Å². The largest absolute Gasteiger partial charge is 0.340 e. The van der Waals surface area contributed by atoms with Crippen LogP contribution in [0.4, 0.5) is 0 Å². The van der Waals surface area contributed by atoms with Crippen LogP contribution in [0.15, 0.2) is 35.7 Å². The van der Waals surface area contributed by atoms with Crippen LogP contribution in [0.1, 0.15) is 41.1 Å². The van der Waals surface area contributed by atoms with Crippen molar-refractivity contribution in [2.45, 2.75) is 39.3 Å². The maximum absolute atomic E-state index is 13.1. The van der Waals surface area contributed by atoms with Crippen molar-refractivity contribution in [3.8, 4) is 0 Å². The van der Waals surface area contributed by atoms with Crippen molar-refractivity contribution in [2.24, 2.45) is 5.92 Å². The molecule has 0 aliphatic carbocycles. The fraction of sp³-hybridized carbons (Fsp3) is 0.400. The minimum Gasteiger partial charge on any atom is -0.340 e. The fourth-order valence-electron chi connectivity index (χ4n) is 3.14. The molecule has 2 amide bonds. The number of fused-ring (bicyclic) bond motifs is 1. The van der Waals surface area contributed by atoms with Crippen LogP contribution in [0.25, 0.3) is 0 Å². The molecule has 3 rings (SSSR count). The first kappa shape index (κ1) is 18.9. The smallest absolute Gasteiger partial charge is 0.251 e. The minimum atomic E-state index is -0.525. The molecule has 1 aromatic carbocycles. The van der Waals surface area contributed by atoms with Gasteiger partial charge in [0.1, 0.15) is 6.04 Å². The molecule has 4 nitrogen and oxygen atoms in total. The maximum atomic E-state index is 13.1. The summed E-state index contributed by atoms with van der Waals surface area (Å²) in [5.41, 5.74) is 1.73. The third-order valence-corrected chi connectivity index (χ3v) is 6.27. The van der Waals surface area contributed by atoms with Crippen LogP contribution in [-0.2, 0) is 17.8 Å². The summed E-state index contributed by atoms with van der Waals surface area (Å²) in [6, 6.07) is 8.27. The molecular weight excluding hydrogens is 368 g/mol. The van der Waals surface area contributed by atoms with Gasteiger partial charge in [-0.2, -0.15) is 0 Å². The average molecular weight is 391 g/mol. The highest BCUT2D eigenvalue weighted by Crippen LogP contribution is 2.25. The van der Waals surface area contributed by atoms with Gasteiger partial charge in [-0.05, 0) is 53.6 Å². The molecule has 0 radical (unpaired) electrons. The van der Waals surface area contributed by atoms with Crippen molar-refractivity contribution < 1.29 is 9.59 Å². The zero-order valence-corrected chi connectivity index (χ0v) is 16.6. The lowest BCUT2D eigenvalue weighted by atomic mass is 9.96. The number of hydrogen-bond acceptors (Lipinski definition) is 3. The average Bonchev–Trinajstić information content (AvgIpc) is 3.13. The van der Waals surface area contributed by atoms with Crippen LogP contribution in [0, 0.1) is 5.92 Å². The van der Waals surface area contributed by atoms with E-state index in [1.54, 1.807) is 35.6 Å². The van der Waals surface area contributed by atoms with E-state index in [4.69, 9.17) is 11.6 Å². The summed E-state index contributed by atoms with van der Waals surface area (Å²) < 4.78 is 0. The topological polar surface area (TPSA) is 49.4 Å². The number of hydrogen-bond donors (Lipinski definition) is 1. The van der Waals surface area contributed by atoms with Gasteiger partial charge in [-0.1, -0.05) is 31.9 Å². The highest BCUT2D eigenvalue weighted by Gasteiger charge is 2.32. The van der Waals surface area contributed by atoms with Crippen LogP contribution >= 0.6 is 22.9 Å². The Labute approximate surface area is 163 Å². The molecule has 0 saturated heterocycles. The van der Waals surface area contributed by atoms with Gasteiger partial charge in [-0.25, -0.2) is 0 Å². The van der Waals surface area contributed by atoms with Gasteiger partial charge in [0.25, 0.3) is 5.91 Å². The van der Waals surface area contributed by atoms with Crippen molar-refractivity contribution >= 4 is 34.8 Å². The number of rotatable bonds is 5. The van der Waals surface area contributed by atoms with Crippen molar-refractivity contribution in [1.82, 2.24) is 10.2 Å². The summed E-state index contributed by atoms with van der Waals surface area (Å²) >= 11 is 7.64. The van der Waals surface area contributed by atoms with Gasteiger partial charge in [-0.3, -0.25) is 9.59 Å². The Morgan fingerprint density at radius 3 is 2.69 bits per heavy atom. The van der Waals surface area contributed by atoms with Crippen LogP contribution in [0.2, 0.25) is 5.02 Å². The molecule has 138 valence electrons. The number of carbonyl (C=O) groups excluding carboxylic acids is 2. The molecule has 1 N–H and O–H groups in total. The van der Waals surface area contributed by atoms with E-state index in [1.165, 1.54) is 10.4 Å². The van der Waals surface area contributed by atoms with Crippen LogP contribution in [-0.4, -0.2) is 29.3 Å². The van der Waals surface area contributed by atoms with E-state index in [2.05, 4.69) is 16.8 Å². The van der Waals surface area contributed by atoms with Gasteiger partial charge < -0.3 is 10.2 Å². The van der Waals surface area contributed by atoms with Crippen molar-refractivity contribution in [1.29, 1.82) is 0 Å². The molecular formula is C20H23ClN2O2S. The van der Waals surface area contributed by atoms with Gasteiger partial charge in [0.15, 0.2) is 0 Å². The number of benzene rings is 1. The first-order valence-electron chi connectivity index (χ1n) is 8.90. The number of nitrogens with one attached hydrogen (secondary N) is 1. The Morgan fingerprint density at radius 1 is 1.27 bits per heavy atom. The monoisotopic (exact) mass is 390 g/mol. The third-order valence-electron chi connectivity index (χ3n) is 4.99. The number of amides is 2. The number of nitrogens with zero attached hydrogens (tertiary/aromatic N) is 1. The van der Waals surface area contributed by atoms with Gasteiger partial charge in [-0.15, -0.1) is 11.3 Å². The Balaban J connectivity index is 1.74. The normalized spacial score (nSPS) is 15.9. The van der Waals surface area contributed by atoms with E-state index < -0.39 is 6.04 Å². The van der Waals surface area contributed by atoms with Gasteiger partial charge in [0.2, 0.25) is 5.91 Å². The summed E-state index contributed by atoms with van der Waals surface area (Å²) in [6.07, 6.45) is 1.70. The Kier molecular flexibility index (Phi) is 5.99. The molecule has 1 aliphatic heterocycles. The fourth-order valence-corrected chi connectivity index (χ4v) is 4.16. The third kappa shape index (κ3) is 4.10. The SMILES string of the molecule is CCC(C)C(NC(=O)c1ccc(Cl)cc1)C(=O)N1CCc2sccc2C1. The summed E-state index contributed by atoms with van der Waals surface area (Å²) in [7, 11) is 0. The summed E-state index contributed by atoms with van der Waals surface area (Å²) in [4.78, 5) is 29.0. The lowest BCUT2D eigenvalue weighted by Gasteiger charge is -2.33. The molecule has 6 heteroatoms. The van der Waals surface area contributed by atoms with E-state index in [9.17, 15) is 9.59 Å². The van der Waals surface area contributed by atoms with Crippen LogP contribution in [0.3, 0.4) is 0 Å². The molecule has 2 heterocycles. The van der Waals surface area contributed by atoms with E-state index >= 15 is 0 Å². The van der Waals surface area contributed by atoms with Gasteiger partial charge in [0.05, 0.1) is 0 Å². The second kappa shape index (κ2) is 8.23. The van der Waals surface area contributed by atoms with E-state index in [0.717, 1.165) is 12.8 Å². The first-order chi connectivity index (χ1) is 12.5. The maximum Gasteiger partial charge on any atom is 0.251 e. The molecule has 0 fully saturated rings. The Hall–Kier alpha value is -1.85. The minimum absolute atomic E-state index is 0.00138. The predicted octanol–water partition coefficient (Wildman–Crippen LogP) is 4.13. The van der Waals surface area contributed by atoms with E-state index in [-0.39, 0.29) is 17.7 Å². The molecule has 1 aliphatic rings. The molecule has 1 aromatic heterocycles. The molecule has 0 saturated carbocycles. The summed E-state index contributed by atoms with van der Waals surface area (Å²) in [5.74, 6) is -0.185. The van der Waals surface area contributed by atoms with Crippen LogP contribution < -0.4 is 5.32 Å².